The summed E-state index contributed by atoms with van der Waals surface area (Å²) in [5, 5.41) is 2.52. The highest BCUT2D eigenvalue weighted by atomic mass is 32.2. The van der Waals surface area contributed by atoms with Crippen molar-refractivity contribution >= 4 is 23.5 Å². The van der Waals surface area contributed by atoms with Crippen LogP contribution in [0.1, 0.15) is 0 Å². The van der Waals surface area contributed by atoms with Crippen molar-refractivity contribution in [2.45, 2.75) is 0 Å². The molecule has 3 nitrogen and oxygen atoms in total. The molecule has 16 heavy (non-hydrogen) atoms. The molecule has 0 bridgehead atoms. The molecule has 1 N–H and O–H groups in total. The first kappa shape index (κ1) is 11.2. The maximum atomic E-state index is 12.9. The van der Waals surface area contributed by atoms with Crippen LogP contribution in [0.3, 0.4) is 0 Å². The second-order valence-electron chi connectivity index (χ2n) is 3.36. The van der Waals surface area contributed by atoms with Crippen molar-refractivity contribution in [1.82, 2.24) is 4.90 Å². The summed E-state index contributed by atoms with van der Waals surface area (Å²) >= 11 is 1.66. The molecule has 0 spiro atoms. The quantitative estimate of drug-likeness (QED) is 0.823. The van der Waals surface area contributed by atoms with E-state index in [-0.39, 0.29) is 11.7 Å². The van der Waals surface area contributed by atoms with Gasteiger partial charge in [-0.25, -0.2) is 13.6 Å². The molecule has 0 aliphatic carbocycles. The number of rotatable bonds is 1. The lowest BCUT2D eigenvalue weighted by Crippen LogP contribution is -2.32. The van der Waals surface area contributed by atoms with Gasteiger partial charge in [0.05, 0.1) is 5.88 Å². The average Bonchev–Trinajstić information content (AvgIpc) is 2.77. The fraction of sp³-hybridized carbons (Fsp3) is 0.300. The van der Waals surface area contributed by atoms with Crippen LogP contribution in [0.2, 0.25) is 0 Å². The zero-order valence-corrected chi connectivity index (χ0v) is 9.19. The van der Waals surface area contributed by atoms with Gasteiger partial charge in [0, 0.05) is 24.1 Å². The summed E-state index contributed by atoms with van der Waals surface area (Å²) in [6.45, 7) is 0.681. The molecule has 0 saturated carbocycles. The Labute approximate surface area is 95.8 Å². The Bertz CT molecular complexity index is 408. The van der Waals surface area contributed by atoms with Crippen molar-refractivity contribution in [3.05, 3.63) is 29.8 Å². The van der Waals surface area contributed by atoms with Gasteiger partial charge in [0.15, 0.2) is 11.6 Å². The molecule has 0 radical (unpaired) electrons. The van der Waals surface area contributed by atoms with E-state index in [4.69, 9.17) is 0 Å². The molecule has 1 heterocycles. The average molecular weight is 244 g/mol. The number of anilines is 1. The maximum Gasteiger partial charge on any atom is 0.322 e. The van der Waals surface area contributed by atoms with Crippen LogP contribution < -0.4 is 5.32 Å². The predicted octanol–water partition coefficient (Wildman–Crippen LogP) is 2.50. The van der Waals surface area contributed by atoms with E-state index >= 15 is 0 Å². The lowest BCUT2D eigenvalue weighted by atomic mass is 10.3. The third kappa shape index (κ3) is 2.44. The summed E-state index contributed by atoms with van der Waals surface area (Å²) in [6, 6.07) is 3.01. The van der Waals surface area contributed by atoms with Crippen molar-refractivity contribution in [3.8, 4) is 0 Å². The Morgan fingerprint density at radius 3 is 2.81 bits per heavy atom. The van der Waals surface area contributed by atoms with E-state index < -0.39 is 11.6 Å². The second kappa shape index (κ2) is 4.69. The Morgan fingerprint density at radius 1 is 1.38 bits per heavy atom. The predicted molar refractivity (Wildman–Crippen MR) is 59.4 cm³/mol. The van der Waals surface area contributed by atoms with Gasteiger partial charge in [-0.15, -0.1) is 11.8 Å². The van der Waals surface area contributed by atoms with Gasteiger partial charge in [-0.1, -0.05) is 0 Å². The van der Waals surface area contributed by atoms with Crippen molar-refractivity contribution in [2.24, 2.45) is 0 Å². The number of carbonyl (C=O) groups excluding carboxylic acids is 1. The molecular weight excluding hydrogens is 234 g/mol. The molecule has 1 fully saturated rings. The topological polar surface area (TPSA) is 32.3 Å². The first-order chi connectivity index (χ1) is 7.66. The molecule has 0 unspecified atom stereocenters. The van der Waals surface area contributed by atoms with Gasteiger partial charge in [-0.2, -0.15) is 0 Å². The summed E-state index contributed by atoms with van der Waals surface area (Å²) in [5.41, 5.74) is 0.265. The van der Waals surface area contributed by atoms with Gasteiger partial charge < -0.3 is 10.2 Å². The number of hydrogen-bond donors (Lipinski definition) is 1. The standard InChI is InChI=1S/C10H10F2N2OS/c11-8-2-1-7(5-9(8)12)13-10(15)14-3-4-16-6-14/h1-2,5H,3-4,6H2,(H,13,15). The van der Waals surface area contributed by atoms with Crippen LogP contribution in [-0.2, 0) is 0 Å². The molecule has 2 rings (SSSR count). The fourth-order valence-corrected chi connectivity index (χ4v) is 2.30. The molecule has 1 saturated heterocycles. The summed E-state index contributed by atoms with van der Waals surface area (Å²) < 4.78 is 25.5. The second-order valence-corrected chi connectivity index (χ2v) is 4.43. The summed E-state index contributed by atoms with van der Waals surface area (Å²) in [6.07, 6.45) is 0. The minimum Gasteiger partial charge on any atom is -0.314 e. The molecule has 6 heteroatoms. The van der Waals surface area contributed by atoms with Crippen molar-refractivity contribution in [3.63, 3.8) is 0 Å². The Kier molecular flexibility index (Phi) is 3.28. The SMILES string of the molecule is O=C(Nc1ccc(F)c(F)c1)N1CCSC1. The highest BCUT2D eigenvalue weighted by molar-refractivity contribution is 7.99. The van der Waals surface area contributed by atoms with Crippen LogP contribution >= 0.6 is 11.8 Å². The molecule has 86 valence electrons. The number of thioether (sulfide) groups is 1. The van der Waals surface area contributed by atoms with Crippen molar-refractivity contribution in [2.75, 3.05) is 23.5 Å². The van der Waals surface area contributed by atoms with Crippen LogP contribution in [0.15, 0.2) is 18.2 Å². The van der Waals surface area contributed by atoms with Crippen LogP contribution in [0.25, 0.3) is 0 Å². The smallest absolute Gasteiger partial charge is 0.314 e. The number of nitrogens with zero attached hydrogens (tertiary/aromatic N) is 1. The van der Waals surface area contributed by atoms with Gasteiger partial charge in [0.25, 0.3) is 0 Å². The largest absolute Gasteiger partial charge is 0.322 e. The Morgan fingerprint density at radius 2 is 2.19 bits per heavy atom. The molecule has 0 aromatic heterocycles. The minimum atomic E-state index is -0.964. The summed E-state index contributed by atoms with van der Waals surface area (Å²) in [7, 11) is 0. The fourth-order valence-electron chi connectivity index (χ4n) is 1.35. The van der Waals surface area contributed by atoms with Gasteiger partial charge >= 0.3 is 6.03 Å². The lowest BCUT2D eigenvalue weighted by Gasteiger charge is -2.15. The lowest BCUT2D eigenvalue weighted by molar-refractivity contribution is 0.225. The first-order valence-electron chi connectivity index (χ1n) is 4.75. The van der Waals surface area contributed by atoms with Gasteiger partial charge in [0.2, 0.25) is 0 Å². The third-order valence-electron chi connectivity index (χ3n) is 2.21. The zero-order chi connectivity index (χ0) is 11.5. The first-order valence-corrected chi connectivity index (χ1v) is 5.91. The normalized spacial score (nSPS) is 15.2. The van der Waals surface area contributed by atoms with E-state index in [0.29, 0.717) is 12.4 Å². The maximum absolute atomic E-state index is 12.9. The number of hydrogen-bond acceptors (Lipinski definition) is 2. The van der Waals surface area contributed by atoms with Crippen LogP contribution in [0, 0.1) is 11.6 Å². The number of benzene rings is 1. The van der Waals surface area contributed by atoms with E-state index in [9.17, 15) is 13.6 Å². The highest BCUT2D eigenvalue weighted by Crippen LogP contribution is 2.17. The molecule has 1 aromatic rings. The number of amides is 2. The molecule has 2 amide bonds. The summed E-state index contributed by atoms with van der Waals surface area (Å²) in [4.78, 5) is 13.2. The number of carbonyl (C=O) groups is 1. The van der Waals surface area contributed by atoms with E-state index in [1.54, 1.807) is 16.7 Å². The van der Waals surface area contributed by atoms with Gasteiger partial charge in [-0.3, -0.25) is 0 Å². The van der Waals surface area contributed by atoms with E-state index in [0.717, 1.165) is 17.9 Å². The van der Waals surface area contributed by atoms with Crippen molar-refractivity contribution < 1.29 is 13.6 Å². The van der Waals surface area contributed by atoms with E-state index in [2.05, 4.69) is 5.32 Å². The zero-order valence-electron chi connectivity index (χ0n) is 8.37. The van der Waals surface area contributed by atoms with Gasteiger partial charge in [-0.05, 0) is 12.1 Å². The molecule has 1 aliphatic rings. The van der Waals surface area contributed by atoms with Crippen molar-refractivity contribution in [1.29, 1.82) is 0 Å². The van der Waals surface area contributed by atoms with Crippen LogP contribution in [0.4, 0.5) is 19.3 Å². The molecule has 0 atom stereocenters. The molecule has 1 aromatic carbocycles. The van der Waals surface area contributed by atoms with Crippen LogP contribution in [0.5, 0.6) is 0 Å². The third-order valence-corrected chi connectivity index (χ3v) is 3.18. The summed E-state index contributed by atoms with van der Waals surface area (Å²) in [5.74, 6) is -0.343. The molecule has 1 aliphatic heterocycles. The van der Waals surface area contributed by atoms with E-state index in [1.807, 2.05) is 0 Å². The minimum absolute atomic E-state index is 0.265. The Balaban J connectivity index is 2.02. The molecular formula is C10H10F2N2OS. The highest BCUT2D eigenvalue weighted by Gasteiger charge is 2.18. The Hall–Kier alpha value is -1.30. The van der Waals surface area contributed by atoms with Gasteiger partial charge in [0.1, 0.15) is 0 Å². The van der Waals surface area contributed by atoms with Crippen LogP contribution in [-0.4, -0.2) is 29.1 Å². The number of urea groups is 1. The number of nitrogens with one attached hydrogen (secondary N) is 1. The monoisotopic (exact) mass is 244 g/mol. The van der Waals surface area contributed by atoms with E-state index in [1.165, 1.54) is 6.07 Å². The number of halogens is 2.